The van der Waals surface area contributed by atoms with Crippen molar-refractivity contribution in [2.45, 2.75) is 33.4 Å². The normalized spacial score (nSPS) is 13.0. The van der Waals surface area contributed by atoms with Crippen molar-refractivity contribution < 1.29 is 8.78 Å². The molecule has 0 aliphatic rings. The molecule has 0 saturated heterocycles. The molecule has 1 rings (SSSR count). The van der Waals surface area contributed by atoms with E-state index < -0.39 is 11.6 Å². The summed E-state index contributed by atoms with van der Waals surface area (Å²) in [5.41, 5.74) is 0.376. The van der Waals surface area contributed by atoms with Crippen LogP contribution in [0, 0.1) is 11.6 Å². The predicted octanol–water partition coefficient (Wildman–Crippen LogP) is 2.78. The fourth-order valence-corrected chi connectivity index (χ4v) is 1.90. The van der Waals surface area contributed by atoms with E-state index in [4.69, 9.17) is 0 Å². The molecule has 0 aromatic heterocycles. The number of benzene rings is 1. The van der Waals surface area contributed by atoms with Gasteiger partial charge in [0.25, 0.3) is 0 Å². The SMILES string of the molecule is CCN(CC)CC(C)NCc1cccc(F)c1F. The molecule has 102 valence electrons. The maximum Gasteiger partial charge on any atom is 0.163 e. The van der Waals surface area contributed by atoms with E-state index in [1.54, 1.807) is 6.07 Å². The summed E-state index contributed by atoms with van der Waals surface area (Å²) in [5.74, 6) is -1.54. The second kappa shape index (κ2) is 7.44. The van der Waals surface area contributed by atoms with Crippen LogP contribution in [0.1, 0.15) is 26.3 Å². The molecule has 1 N–H and O–H groups in total. The van der Waals surface area contributed by atoms with Crippen molar-refractivity contribution in [3.8, 4) is 0 Å². The molecule has 1 aromatic rings. The van der Waals surface area contributed by atoms with Crippen molar-refractivity contribution in [3.05, 3.63) is 35.4 Å². The molecule has 18 heavy (non-hydrogen) atoms. The van der Waals surface area contributed by atoms with Crippen LogP contribution in [0.3, 0.4) is 0 Å². The molecule has 1 unspecified atom stereocenters. The molecule has 1 aromatic carbocycles. The van der Waals surface area contributed by atoms with Gasteiger partial charge in [-0.2, -0.15) is 0 Å². The van der Waals surface area contributed by atoms with Crippen molar-refractivity contribution >= 4 is 0 Å². The van der Waals surface area contributed by atoms with E-state index in [1.165, 1.54) is 6.07 Å². The Hall–Kier alpha value is -1.00. The van der Waals surface area contributed by atoms with Crippen LogP contribution < -0.4 is 5.32 Å². The summed E-state index contributed by atoms with van der Waals surface area (Å²) in [5, 5.41) is 3.22. The average molecular weight is 256 g/mol. The lowest BCUT2D eigenvalue weighted by Crippen LogP contribution is -2.38. The Morgan fingerprint density at radius 3 is 2.50 bits per heavy atom. The molecule has 0 saturated carbocycles. The molecular formula is C14H22F2N2. The molecule has 2 nitrogen and oxygen atoms in total. The number of likely N-dealkylation sites (N-methyl/N-ethyl adjacent to an activating group) is 1. The van der Waals surface area contributed by atoms with Crippen LogP contribution in [0.15, 0.2) is 18.2 Å². The second-order valence-electron chi connectivity index (χ2n) is 4.48. The van der Waals surface area contributed by atoms with Crippen LogP contribution in [0.4, 0.5) is 8.78 Å². The molecule has 0 bridgehead atoms. The molecule has 0 radical (unpaired) electrons. The minimum atomic E-state index is -0.786. The van der Waals surface area contributed by atoms with Crippen LogP contribution >= 0.6 is 0 Å². The van der Waals surface area contributed by atoms with Gasteiger partial charge in [-0.05, 0) is 26.1 Å². The summed E-state index contributed by atoms with van der Waals surface area (Å²) >= 11 is 0. The van der Waals surface area contributed by atoms with Crippen LogP contribution in [-0.2, 0) is 6.54 Å². The van der Waals surface area contributed by atoms with E-state index >= 15 is 0 Å². The first-order valence-corrected chi connectivity index (χ1v) is 6.47. The topological polar surface area (TPSA) is 15.3 Å². The average Bonchev–Trinajstić information content (AvgIpc) is 2.37. The number of nitrogens with zero attached hydrogens (tertiary/aromatic N) is 1. The molecule has 0 aliphatic carbocycles. The standard InChI is InChI=1S/C14H22F2N2/c1-4-18(5-2)10-11(3)17-9-12-7-6-8-13(15)14(12)16/h6-8,11,17H,4-5,9-10H2,1-3H3. The first-order chi connectivity index (χ1) is 8.58. The van der Waals surface area contributed by atoms with E-state index in [1.807, 2.05) is 0 Å². The minimum absolute atomic E-state index is 0.243. The fraction of sp³-hybridized carbons (Fsp3) is 0.571. The van der Waals surface area contributed by atoms with E-state index in [0.29, 0.717) is 12.1 Å². The highest BCUT2D eigenvalue weighted by Gasteiger charge is 2.10. The van der Waals surface area contributed by atoms with Gasteiger partial charge in [-0.25, -0.2) is 8.78 Å². The minimum Gasteiger partial charge on any atom is -0.309 e. The highest BCUT2D eigenvalue weighted by Crippen LogP contribution is 2.11. The van der Waals surface area contributed by atoms with Gasteiger partial charge in [0.2, 0.25) is 0 Å². The third kappa shape index (κ3) is 4.35. The summed E-state index contributed by atoms with van der Waals surface area (Å²) in [7, 11) is 0. The molecule has 0 amide bonds. The number of nitrogens with one attached hydrogen (secondary N) is 1. The molecule has 0 fully saturated rings. The van der Waals surface area contributed by atoms with Gasteiger partial charge in [0, 0.05) is 24.7 Å². The molecule has 4 heteroatoms. The summed E-state index contributed by atoms with van der Waals surface area (Å²) in [6.07, 6.45) is 0. The van der Waals surface area contributed by atoms with Crippen molar-refractivity contribution in [2.75, 3.05) is 19.6 Å². The van der Waals surface area contributed by atoms with Crippen LogP contribution in [0.25, 0.3) is 0 Å². The zero-order valence-corrected chi connectivity index (χ0v) is 11.3. The Morgan fingerprint density at radius 1 is 1.22 bits per heavy atom. The van der Waals surface area contributed by atoms with Crippen LogP contribution in [-0.4, -0.2) is 30.6 Å². The zero-order valence-electron chi connectivity index (χ0n) is 11.3. The number of hydrogen-bond donors (Lipinski definition) is 1. The van der Waals surface area contributed by atoms with Crippen molar-refractivity contribution in [3.63, 3.8) is 0 Å². The van der Waals surface area contributed by atoms with Crippen molar-refractivity contribution in [1.29, 1.82) is 0 Å². The maximum absolute atomic E-state index is 13.4. The highest BCUT2D eigenvalue weighted by atomic mass is 19.2. The third-order valence-electron chi connectivity index (χ3n) is 3.10. The van der Waals surface area contributed by atoms with E-state index in [0.717, 1.165) is 25.7 Å². The maximum atomic E-state index is 13.4. The van der Waals surface area contributed by atoms with Gasteiger partial charge in [-0.1, -0.05) is 26.0 Å². The Labute approximate surface area is 108 Å². The van der Waals surface area contributed by atoms with Gasteiger partial charge < -0.3 is 10.2 Å². The molecule has 1 atom stereocenters. The van der Waals surface area contributed by atoms with Crippen LogP contribution in [0.2, 0.25) is 0 Å². The molecular weight excluding hydrogens is 234 g/mol. The number of halogens is 2. The van der Waals surface area contributed by atoms with Crippen LogP contribution in [0.5, 0.6) is 0 Å². The highest BCUT2D eigenvalue weighted by molar-refractivity contribution is 5.18. The molecule has 0 aliphatic heterocycles. The van der Waals surface area contributed by atoms with Gasteiger partial charge in [0.05, 0.1) is 0 Å². The van der Waals surface area contributed by atoms with Gasteiger partial charge in [0.1, 0.15) is 0 Å². The van der Waals surface area contributed by atoms with Crippen molar-refractivity contribution in [2.24, 2.45) is 0 Å². The first-order valence-electron chi connectivity index (χ1n) is 6.47. The molecule has 0 spiro atoms. The van der Waals surface area contributed by atoms with Gasteiger partial charge in [-0.15, -0.1) is 0 Å². The van der Waals surface area contributed by atoms with E-state index in [9.17, 15) is 8.78 Å². The lowest BCUT2D eigenvalue weighted by molar-refractivity contribution is 0.270. The van der Waals surface area contributed by atoms with E-state index in [-0.39, 0.29) is 6.04 Å². The van der Waals surface area contributed by atoms with Gasteiger partial charge >= 0.3 is 0 Å². The lowest BCUT2D eigenvalue weighted by Gasteiger charge is -2.23. The quantitative estimate of drug-likeness (QED) is 0.807. The zero-order chi connectivity index (χ0) is 13.5. The molecule has 0 heterocycles. The number of hydrogen-bond acceptors (Lipinski definition) is 2. The smallest absolute Gasteiger partial charge is 0.163 e. The summed E-state index contributed by atoms with van der Waals surface area (Å²) in [6, 6.07) is 4.52. The van der Waals surface area contributed by atoms with Gasteiger partial charge in [-0.3, -0.25) is 0 Å². The Bertz CT molecular complexity index is 365. The second-order valence-corrected chi connectivity index (χ2v) is 4.48. The van der Waals surface area contributed by atoms with Crippen molar-refractivity contribution in [1.82, 2.24) is 10.2 Å². The Morgan fingerprint density at radius 2 is 1.89 bits per heavy atom. The van der Waals surface area contributed by atoms with E-state index in [2.05, 4.69) is 31.0 Å². The third-order valence-corrected chi connectivity index (χ3v) is 3.10. The monoisotopic (exact) mass is 256 g/mol. The Balaban J connectivity index is 2.47. The fourth-order valence-electron chi connectivity index (χ4n) is 1.90. The van der Waals surface area contributed by atoms with Gasteiger partial charge in [0.15, 0.2) is 11.6 Å². The first kappa shape index (κ1) is 15.1. The Kier molecular flexibility index (Phi) is 6.22. The largest absolute Gasteiger partial charge is 0.309 e. The predicted molar refractivity (Wildman–Crippen MR) is 70.4 cm³/mol. The number of rotatable bonds is 7. The summed E-state index contributed by atoms with van der Waals surface area (Å²) in [4.78, 5) is 2.29. The lowest BCUT2D eigenvalue weighted by atomic mass is 10.2. The summed E-state index contributed by atoms with van der Waals surface area (Å²) < 4.78 is 26.4. The summed E-state index contributed by atoms with van der Waals surface area (Å²) in [6.45, 7) is 9.53.